The third kappa shape index (κ3) is 10.8. The molecule has 0 fully saturated rings. The number of hydrogen-bond acceptors (Lipinski definition) is 2. The summed E-state index contributed by atoms with van der Waals surface area (Å²) in [6.07, 6.45) is 1.44. The molecular formula is C4H10O2Ru. The minimum absolute atomic E-state index is 0. The number of aliphatic hydroxyl groups excluding tert-OH is 2. The van der Waals surface area contributed by atoms with E-state index in [1.54, 1.807) is 0 Å². The summed E-state index contributed by atoms with van der Waals surface area (Å²) >= 11 is 0. The molecular weight excluding hydrogens is 181 g/mol. The van der Waals surface area contributed by atoms with Gasteiger partial charge in [0.05, 0.1) is 0 Å². The fourth-order valence-corrected chi connectivity index (χ4v) is 0.224. The monoisotopic (exact) mass is 192 g/mol. The van der Waals surface area contributed by atoms with Crippen LogP contribution in [0.3, 0.4) is 0 Å². The fourth-order valence-electron chi connectivity index (χ4n) is 0.224. The molecule has 0 aromatic carbocycles. The van der Waals surface area contributed by atoms with Crippen LogP contribution in [0.1, 0.15) is 12.8 Å². The van der Waals surface area contributed by atoms with Gasteiger partial charge in [0.15, 0.2) is 0 Å². The molecule has 0 rings (SSSR count). The van der Waals surface area contributed by atoms with Gasteiger partial charge in [-0.15, -0.1) is 0 Å². The van der Waals surface area contributed by atoms with E-state index in [1.165, 1.54) is 0 Å². The Bertz CT molecular complexity index is 21.7. The molecule has 0 unspecified atom stereocenters. The molecule has 0 saturated heterocycles. The van der Waals surface area contributed by atoms with Gasteiger partial charge in [-0.1, -0.05) is 0 Å². The Morgan fingerprint density at radius 2 is 1.14 bits per heavy atom. The number of hydrogen-bond donors (Lipinski definition) is 2. The van der Waals surface area contributed by atoms with Crippen LogP contribution in [0.15, 0.2) is 0 Å². The van der Waals surface area contributed by atoms with Crippen molar-refractivity contribution in [3.63, 3.8) is 0 Å². The molecule has 0 heterocycles. The van der Waals surface area contributed by atoms with Crippen molar-refractivity contribution in [2.45, 2.75) is 12.8 Å². The van der Waals surface area contributed by atoms with Gasteiger partial charge in [-0.25, -0.2) is 0 Å². The zero-order valence-corrected chi connectivity index (χ0v) is 5.81. The van der Waals surface area contributed by atoms with Crippen LogP contribution in [0, 0.1) is 0 Å². The maximum absolute atomic E-state index is 8.09. The van der Waals surface area contributed by atoms with E-state index in [0.29, 0.717) is 0 Å². The van der Waals surface area contributed by atoms with Crippen LogP contribution in [-0.2, 0) is 19.5 Å². The second-order valence-electron chi connectivity index (χ2n) is 1.15. The predicted molar refractivity (Wildman–Crippen MR) is 23.4 cm³/mol. The molecule has 0 saturated carbocycles. The fraction of sp³-hybridized carbons (Fsp3) is 1.00. The topological polar surface area (TPSA) is 40.5 Å². The molecule has 3 heteroatoms. The van der Waals surface area contributed by atoms with Gasteiger partial charge in [-0.05, 0) is 12.8 Å². The van der Waals surface area contributed by atoms with Crippen LogP contribution in [-0.4, -0.2) is 23.4 Å². The smallest absolute Gasteiger partial charge is 0.0431 e. The average Bonchev–Trinajstić information content (AvgIpc) is 1.61. The van der Waals surface area contributed by atoms with Gasteiger partial charge >= 0.3 is 0 Å². The van der Waals surface area contributed by atoms with E-state index < -0.39 is 0 Å². The van der Waals surface area contributed by atoms with Gasteiger partial charge in [0.2, 0.25) is 0 Å². The Morgan fingerprint density at radius 1 is 0.857 bits per heavy atom. The SMILES string of the molecule is OCCCCO.[Ru]. The maximum atomic E-state index is 8.09. The summed E-state index contributed by atoms with van der Waals surface area (Å²) in [5, 5.41) is 16.2. The van der Waals surface area contributed by atoms with Gasteiger partial charge in [-0.2, -0.15) is 0 Å². The molecule has 0 aromatic heterocycles. The van der Waals surface area contributed by atoms with Gasteiger partial charge in [0, 0.05) is 32.7 Å². The zero-order valence-electron chi connectivity index (χ0n) is 4.08. The predicted octanol–water partition coefficient (Wildman–Crippen LogP) is -0.251. The van der Waals surface area contributed by atoms with E-state index in [-0.39, 0.29) is 32.7 Å². The summed E-state index contributed by atoms with van der Waals surface area (Å²) < 4.78 is 0. The van der Waals surface area contributed by atoms with Crippen molar-refractivity contribution >= 4 is 0 Å². The number of unbranched alkanes of at least 4 members (excludes halogenated alkanes) is 1. The van der Waals surface area contributed by atoms with E-state index >= 15 is 0 Å². The van der Waals surface area contributed by atoms with Crippen molar-refractivity contribution in [2.75, 3.05) is 13.2 Å². The third-order valence-electron chi connectivity index (χ3n) is 0.566. The van der Waals surface area contributed by atoms with Gasteiger partial charge in [0.1, 0.15) is 0 Å². The first-order valence-electron chi connectivity index (χ1n) is 2.13. The van der Waals surface area contributed by atoms with E-state index in [2.05, 4.69) is 0 Å². The van der Waals surface area contributed by atoms with E-state index in [1.807, 2.05) is 0 Å². The summed E-state index contributed by atoms with van der Waals surface area (Å²) in [5.74, 6) is 0. The Kier molecular flexibility index (Phi) is 14.6. The summed E-state index contributed by atoms with van der Waals surface area (Å²) in [7, 11) is 0. The van der Waals surface area contributed by atoms with Crippen LogP contribution >= 0.6 is 0 Å². The van der Waals surface area contributed by atoms with Crippen molar-refractivity contribution in [2.24, 2.45) is 0 Å². The molecule has 0 bridgehead atoms. The van der Waals surface area contributed by atoms with Gasteiger partial charge in [-0.3, -0.25) is 0 Å². The number of rotatable bonds is 3. The number of aliphatic hydroxyl groups is 2. The molecule has 0 aliphatic carbocycles. The van der Waals surface area contributed by atoms with Crippen LogP contribution < -0.4 is 0 Å². The first-order chi connectivity index (χ1) is 2.91. The Morgan fingerprint density at radius 3 is 1.29 bits per heavy atom. The van der Waals surface area contributed by atoms with Crippen molar-refractivity contribution in [1.29, 1.82) is 0 Å². The standard InChI is InChI=1S/C4H10O2.Ru/c5-3-1-2-4-6;/h5-6H,1-4H2;. The quantitative estimate of drug-likeness (QED) is 0.477. The zero-order chi connectivity index (χ0) is 4.83. The van der Waals surface area contributed by atoms with E-state index in [9.17, 15) is 0 Å². The molecule has 0 aliphatic heterocycles. The summed E-state index contributed by atoms with van der Waals surface area (Å²) in [5.41, 5.74) is 0. The van der Waals surface area contributed by atoms with Crippen molar-refractivity contribution in [3.8, 4) is 0 Å². The third-order valence-corrected chi connectivity index (χ3v) is 0.566. The van der Waals surface area contributed by atoms with Crippen LogP contribution in [0.25, 0.3) is 0 Å². The maximum Gasteiger partial charge on any atom is 0.0431 e. The molecule has 2 N–H and O–H groups in total. The summed E-state index contributed by atoms with van der Waals surface area (Å²) in [6, 6.07) is 0. The molecule has 2 nitrogen and oxygen atoms in total. The molecule has 0 radical (unpaired) electrons. The van der Waals surface area contributed by atoms with Crippen molar-refractivity contribution in [3.05, 3.63) is 0 Å². The van der Waals surface area contributed by atoms with E-state index in [4.69, 9.17) is 10.2 Å². The first-order valence-corrected chi connectivity index (χ1v) is 2.13. The van der Waals surface area contributed by atoms with Crippen LogP contribution in [0.4, 0.5) is 0 Å². The van der Waals surface area contributed by atoms with Crippen LogP contribution in [0.5, 0.6) is 0 Å². The summed E-state index contributed by atoms with van der Waals surface area (Å²) in [4.78, 5) is 0. The average molecular weight is 191 g/mol. The Hall–Kier alpha value is 0.543. The Balaban J connectivity index is 0. The van der Waals surface area contributed by atoms with Gasteiger partial charge in [0.25, 0.3) is 0 Å². The normalized spacial score (nSPS) is 7.71. The second kappa shape index (κ2) is 9.74. The Labute approximate surface area is 56.3 Å². The minimum Gasteiger partial charge on any atom is -0.396 e. The molecule has 0 atom stereocenters. The van der Waals surface area contributed by atoms with Crippen molar-refractivity contribution in [1.82, 2.24) is 0 Å². The first kappa shape index (κ1) is 10.5. The van der Waals surface area contributed by atoms with E-state index in [0.717, 1.165) is 12.8 Å². The largest absolute Gasteiger partial charge is 0.396 e. The molecule has 0 aliphatic rings. The van der Waals surface area contributed by atoms with Crippen LogP contribution in [0.2, 0.25) is 0 Å². The minimum atomic E-state index is 0. The second-order valence-corrected chi connectivity index (χ2v) is 1.15. The molecule has 46 valence electrons. The molecule has 0 amide bonds. The molecule has 7 heavy (non-hydrogen) atoms. The molecule has 0 spiro atoms. The molecule has 0 aromatic rings. The van der Waals surface area contributed by atoms with Crippen molar-refractivity contribution < 1.29 is 29.7 Å². The summed E-state index contributed by atoms with van der Waals surface area (Å²) in [6.45, 7) is 0.390. The van der Waals surface area contributed by atoms with Gasteiger partial charge < -0.3 is 10.2 Å².